The molecule has 1 nitrogen and oxygen atoms in total. The smallest absolute Gasteiger partial charge is 0.0671 e. The van der Waals surface area contributed by atoms with Gasteiger partial charge in [-0.1, -0.05) is 57.2 Å². The van der Waals surface area contributed by atoms with Crippen LogP contribution in [0, 0.1) is 5.41 Å². The van der Waals surface area contributed by atoms with Crippen molar-refractivity contribution in [2.75, 3.05) is 6.54 Å². The maximum Gasteiger partial charge on any atom is 0.0671 e. The van der Waals surface area contributed by atoms with Gasteiger partial charge in [-0.2, -0.15) is 0 Å². The maximum atomic E-state index is 3.71. The van der Waals surface area contributed by atoms with Crippen molar-refractivity contribution in [3.63, 3.8) is 0 Å². The van der Waals surface area contributed by atoms with Crippen molar-refractivity contribution >= 4 is 11.3 Å². The molecule has 0 aliphatic carbocycles. The van der Waals surface area contributed by atoms with Crippen LogP contribution in [0.2, 0.25) is 0 Å². The molecule has 19 heavy (non-hydrogen) atoms. The lowest BCUT2D eigenvalue weighted by atomic mass is 9.92. The highest BCUT2D eigenvalue weighted by molar-refractivity contribution is 7.10. The highest BCUT2D eigenvalue weighted by Crippen LogP contribution is 2.26. The van der Waals surface area contributed by atoms with Gasteiger partial charge < -0.3 is 5.32 Å². The van der Waals surface area contributed by atoms with Gasteiger partial charge in [-0.15, -0.1) is 11.3 Å². The molecule has 0 bridgehead atoms. The van der Waals surface area contributed by atoms with Crippen LogP contribution in [0.4, 0.5) is 0 Å². The first kappa shape index (κ1) is 14.3. The van der Waals surface area contributed by atoms with E-state index in [1.54, 1.807) is 0 Å². The molecule has 1 aromatic carbocycles. The minimum absolute atomic E-state index is 0.323. The van der Waals surface area contributed by atoms with Crippen molar-refractivity contribution < 1.29 is 0 Å². The summed E-state index contributed by atoms with van der Waals surface area (Å²) in [6.07, 6.45) is 1.18. The van der Waals surface area contributed by atoms with Gasteiger partial charge in [0.15, 0.2) is 0 Å². The lowest BCUT2D eigenvalue weighted by Crippen LogP contribution is -2.25. The van der Waals surface area contributed by atoms with E-state index >= 15 is 0 Å². The molecule has 0 aliphatic heterocycles. The summed E-state index contributed by atoms with van der Waals surface area (Å²) in [6.45, 7) is 7.91. The van der Waals surface area contributed by atoms with E-state index in [-0.39, 0.29) is 0 Å². The molecule has 2 heteroatoms. The van der Waals surface area contributed by atoms with Gasteiger partial charge in [0.05, 0.1) is 6.04 Å². The number of hydrogen-bond donors (Lipinski definition) is 1. The van der Waals surface area contributed by atoms with Crippen LogP contribution in [0.5, 0.6) is 0 Å². The van der Waals surface area contributed by atoms with Gasteiger partial charge in [0.25, 0.3) is 0 Å². The van der Waals surface area contributed by atoms with Crippen molar-refractivity contribution in [3.05, 3.63) is 58.3 Å². The predicted molar refractivity (Wildman–Crippen MR) is 84.7 cm³/mol. The molecule has 2 aromatic rings. The highest BCUT2D eigenvalue weighted by Gasteiger charge is 2.16. The number of nitrogens with one attached hydrogen (secondary N) is 1. The SMILES string of the molecule is CC(C)(C)CCNC(c1ccccc1)c1cccs1. The number of rotatable bonds is 5. The lowest BCUT2D eigenvalue weighted by Gasteiger charge is -2.22. The first-order valence-corrected chi connectivity index (χ1v) is 7.76. The Labute approximate surface area is 120 Å². The zero-order valence-electron chi connectivity index (χ0n) is 12.0. The van der Waals surface area contributed by atoms with Gasteiger partial charge in [0.2, 0.25) is 0 Å². The monoisotopic (exact) mass is 273 g/mol. The molecule has 102 valence electrons. The largest absolute Gasteiger partial charge is 0.306 e. The Hall–Kier alpha value is -1.12. The molecule has 0 amide bonds. The van der Waals surface area contributed by atoms with Gasteiger partial charge in [-0.3, -0.25) is 0 Å². The molecule has 0 fully saturated rings. The van der Waals surface area contributed by atoms with Crippen LogP contribution in [-0.4, -0.2) is 6.54 Å². The van der Waals surface area contributed by atoms with Crippen LogP contribution in [0.15, 0.2) is 47.8 Å². The zero-order chi connectivity index (χ0) is 13.7. The molecule has 0 aliphatic rings. The number of hydrogen-bond acceptors (Lipinski definition) is 2. The van der Waals surface area contributed by atoms with Crippen LogP contribution in [0.3, 0.4) is 0 Å². The summed E-state index contributed by atoms with van der Waals surface area (Å²) in [4.78, 5) is 1.39. The summed E-state index contributed by atoms with van der Waals surface area (Å²) in [7, 11) is 0. The van der Waals surface area contributed by atoms with E-state index in [1.165, 1.54) is 16.9 Å². The van der Waals surface area contributed by atoms with E-state index in [0.29, 0.717) is 11.5 Å². The van der Waals surface area contributed by atoms with E-state index in [9.17, 15) is 0 Å². The fourth-order valence-electron chi connectivity index (χ4n) is 2.08. The quantitative estimate of drug-likeness (QED) is 0.820. The molecule has 1 aromatic heterocycles. The van der Waals surface area contributed by atoms with Crippen LogP contribution in [0.1, 0.15) is 43.7 Å². The molecule has 1 N–H and O–H groups in total. The molecule has 0 saturated heterocycles. The summed E-state index contributed by atoms with van der Waals surface area (Å²) in [5.41, 5.74) is 1.72. The Kier molecular flexibility index (Phi) is 4.78. The molecule has 0 spiro atoms. The normalized spacial score (nSPS) is 13.4. The van der Waals surface area contributed by atoms with E-state index in [4.69, 9.17) is 0 Å². The fraction of sp³-hybridized carbons (Fsp3) is 0.412. The average Bonchev–Trinajstić information content (AvgIpc) is 2.88. The first-order valence-electron chi connectivity index (χ1n) is 6.88. The summed E-state index contributed by atoms with van der Waals surface area (Å²) < 4.78 is 0. The molecular formula is C17H23NS. The molecule has 2 rings (SSSR count). The van der Waals surface area contributed by atoms with Crippen molar-refractivity contribution in [2.45, 2.75) is 33.2 Å². The van der Waals surface area contributed by atoms with E-state index in [2.05, 4.69) is 73.9 Å². The lowest BCUT2D eigenvalue weighted by molar-refractivity contribution is 0.361. The molecule has 1 atom stereocenters. The second kappa shape index (κ2) is 6.36. The third-order valence-electron chi connectivity index (χ3n) is 3.18. The van der Waals surface area contributed by atoms with Crippen molar-refractivity contribution in [1.29, 1.82) is 0 Å². The van der Waals surface area contributed by atoms with Crippen molar-refractivity contribution in [1.82, 2.24) is 5.32 Å². The Bertz CT molecular complexity index is 468. The fourth-order valence-corrected chi connectivity index (χ4v) is 2.90. The summed E-state index contributed by atoms with van der Waals surface area (Å²) in [5.74, 6) is 0. The van der Waals surface area contributed by atoms with Gasteiger partial charge in [-0.05, 0) is 35.4 Å². The third-order valence-corrected chi connectivity index (χ3v) is 4.12. The maximum absolute atomic E-state index is 3.71. The Morgan fingerprint density at radius 2 is 1.79 bits per heavy atom. The standard InChI is InChI=1S/C17H23NS/c1-17(2,3)11-12-18-16(15-10-7-13-19-15)14-8-5-4-6-9-14/h4-10,13,16,18H,11-12H2,1-3H3. The molecule has 0 saturated carbocycles. The molecule has 1 heterocycles. The van der Waals surface area contributed by atoms with Crippen molar-refractivity contribution in [2.24, 2.45) is 5.41 Å². The van der Waals surface area contributed by atoms with E-state index in [1.807, 2.05) is 11.3 Å². The molecular weight excluding hydrogens is 250 g/mol. The summed E-state index contributed by atoms with van der Waals surface area (Å²) >= 11 is 1.82. The van der Waals surface area contributed by atoms with E-state index < -0.39 is 0 Å². The first-order chi connectivity index (χ1) is 9.06. The number of benzene rings is 1. The van der Waals surface area contributed by atoms with Crippen molar-refractivity contribution in [3.8, 4) is 0 Å². The third kappa shape index (κ3) is 4.48. The summed E-state index contributed by atoms with van der Waals surface area (Å²) in [5, 5.41) is 5.85. The van der Waals surface area contributed by atoms with E-state index in [0.717, 1.165) is 6.54 Å². The van der Waals surface area contributed by atoms with Crippen LogP contribution in [0.25, 0.3) is 0 Å². The van der Waals surface area contributed by atoms with Crippen LogP contribution in [-0.2, 0) is 0 Å². The van der Waals surface area contributed by atoms with Crippen LogP contribution >= 0.6 is 11.3 Å². The van der Waals surface area contributed by atoms with Gasteiger partial charge in [0.1, 0.15) is 0 Å². The second-order valence-electron chi connectivity index (χ2n) is 6.12. The highest BCUT2D eigenvalue weighted by atomic mass is 32.1. The topological polar surface area (TPSA) is 12.0 Å². The Morgan fingerprint density at radius 1 is 1.05 bits per heavy atom. The molecule has 1 unspecified atom stereocenters. The Morgan fingerprint density at radius 3 is 2.37 bits per heavy atom. The average molecular weight is 273 g/mol. The van der Waals surface area contributed by atoms with Gasteiger partial charge in [0, 0.05) is 4.88 Å². The van der Waals surface area contributed by atoms with Gasteiger partial charge >= 0.3 is 0 Å². The predicted octanol–water partition coefficient (Wildman–Crippen LogP) is 4.86. The summed E-state index contributed by atoms with van der Waals surface area (Å²) in [6, 6.07) is 15.4. The minimum Gasteiger partial charge on any atom is -0.306 e. The Balaban J connectivity index is 2.08. The van der Waals surface area contributed by atoms with Gasteiger partial charge in [-0.25, -0.2) is 0 Å². The minimum atomic E-state index is 0.323. The second-order valence-corrected chi connectivity index (χ2v) is 7.10. The number of thiophene rings is 1. The van der Waals surface area contributed by atoms with Crippen LogP contribution < -0.4 is 5.32 Å². The molecule has 0 radical (unpaired) electrons. The zero-order valence-corrected chi connectivity index (χ0v) is 12.8.